The summed E-state index contributed by atoms with van der Waals surface area (Å²) in [7, 11) is 0. The van der Waals surface area contributed by atoms with Crippen molar-refractivity contribution >= 4 is 5.57 Å². The first-order valence-corrected chi connectivity index (χ1v) is 6.00. The van der Waals surface area contributed by atoms with Crippen LogP contribution in [0.25, 0.3) is 5.57 Å². The topological polar surface area (TPSA) is 12.9 Å². The first kappa shape index (κ1) is 10.3. The molecule has 2 aromatic rings. The Morgan fingerprint density at radius 3 is 2.82 bits per heavy atom. The Kier molecular flexibility index (Phi) is 2.32. The fraction of sp³-hybridized carbons (Fsp3) is 0.188. The van der Waals surface area contributed by atoms with Crippen molar-refractivity contribution in [1.82, 2.24) is 4.98 Å². The van der Waals surface area contributed by atoms with E-state index in [4.69, 9.17) is 0 Å². The van der Waals surface area contributed by atoms with E-state index in [0.29, 0.717) is 0 Å². The van der Waals surface area contributed by atoms with E-state index in [-0.39, 0.29) is 0 Å². The molecular weight excluding hydrogens is 206 g/mol. The zero-order valence-electron chi connectivity index (χ0n) is 10.2. The Hall–Kier alpha value is -1.89. The maximum absolute atomic E-state index is 4.54. The van der Waals surface area contributed by atoms with Crippen LogP contribution in [0.2, 0.25) is 0 Å². The van der Waals surface area contributed by atoms with Gasteiger partial charge in [-0.1, -0.05) is 30.3 Å². The first-order chi connectivity index (χ1) is 8.31. The molecule has 0 aliphatic heterocycles. The fourth-order valence-electron chi connectivity index (χ4n) is 2.67. The molecule has 1 heteroatoms. The van der Waals surface area contributed by atoms with Gasteiger partial charge in [0.25, 0.3) is 0 Å². The largest absolute Gasteiger partial charge is 0.260 e. The summed E-state index contributed by atoms with van der Waals surface area (Å²) in [5, 5.41) is 0. The van der Waals surface area contributed by atoms with E-state index in [0.717, 1.165) is 6.42 Å². The minimum absolute atomic E-state index is 0.949. The highest BCUT2D eigenvalue weighted by Crippen LogP contribution is 2.36. The Morgan fingerprint density at radius 1 is 1.18 bits per heavy atom. The predicted octanol–water partition coefficient (Wildman–Crippen LogP) is 3.75. The lowest BCUT2D eigenvalue weighted by Crippen LogP contribution is -2.09. The summed E-state index contributed by atoms with van der Waals surface area (Å²) in [4.78, 5) is 4.54. The third kappa shape index (κ3) is 1.50. The molecule has 1 heterocycles. The van der Waals surface area contributed by atoms with Gasteiger partial charge < -0.3 is 0 Å². The van der Waals surface area contributed by atoms with Gasteiger partial charge in [-0.25, -0.2) is 0 Å². The highest BCUT2D eigenvalue weighted by atomic mass is 14.7. The number of nitrogens with zero attached hydrogens (tertiary/aromatic N) is 1. The third-order valence-electron chi connectivity index (χ3n) is 3.46. The van der Waals surface area contributed by atoms with Crippen LogP contribution in [0.15, 0.2) is 42.6 Å². The minimum Gasteiger partial charge on any atom is -0.260 e. The molecule has 1 nitrogen and oxygen atoms in total. The smallest absolute Gasteiger partial charge is 0.0528 e. The monoisotopic (exact) mass is 221 g/mol. The fourth-order valence-corrected chi connectivity index (χ4v) is 2.67. The number of rotatable bonds is 0. The quantitative estimate of drug-likeness (QED) is 0.563. The van der Waals surface area contributed by atoms with Gasteiger partial charge in [0, 0.05) is 18.2 Å². The second kappa shape index (κ2) is 3.85. The normalized spacial score (nSPS) is 15.5. The van der Waals surface area contributed by atoms with Gasteiger partial charge in [-0.3, -0.25) is 4.98 Å². The van der Waals surface area contributed by atoms with Gasteiger partial charge in [0.2, 0.25) is 0 Å². The molecular formula is C16H15N. The molecule has 17 heavy (non-hydrogen) atoms. The maximum atomic E-state index is 4.54. The Labute approximate surface area is 102 Å². The van der Waals surface area contributed by atoms with Gasteiger partial charge in [0.05, 0.1) is 5.69 Å². The summed E-state index contributed by atoms with van der Waals surface area (Å²) in [5.41, 5.74) is 7.92. The van der Waals surface area contributed by atoms with Crippen LogP contribution in [-0.2, 0) is 6.42 Å². The molecule has 0 atom stereocenters. The van der Waals surface area contributed by atoms with E-state index >= 15 is 0 Å². The molecule has 1 aromatic heterocycles. The van der Waals surface area contributed by atoms with Crippen LogP contribution in [-0.4, -0.2) is 4.98 Å². The van der Waals surface area contributed by atoms with Crippen LogP contribution < -0.4 is 0 Å². The van der Waals surface area contributed by atoms with Crippen LogP contribution in [0, 0.1) is 6.92 Å². The van der Waals surface area contributed by atoms with Gasteiger partial charge in [-0.15, -0.1) is 0 Å². The molecule has 1 aliphatic rings. The average molecular weight is 221 g/mol. The number of aromatic nitrogens is 1. The molecule has 1 aliphatic carbocycles. The van der Waals surface area contributed by atoms with E-state index in [2.05, 4.69) is 55.2 Å². The van der Waals surface area contributed by atoms with E-state index in [9.17, 15) is 0 Å². The van der Waals surface area contributed by atoms with Crippen LogP contribution in [0.4, 0.5) is 0 Å². The number of hydrogen-bond donors (Lipinski definition) is 0. The van der Waals surface area contributed by atoms with E-state index < -0.39 is 0 Å². The molecule has 84 valence electrons. The Balaban J connectivity index is 2.31. The number of fused-ring (bicyclic) bond motifs is 2. The molecule has 1 aromatic carbocycles. The number of benzene rings is 1. The zero-order chi connectivity index (χ0) is 11.8. The maximum Gasteiger partial charge on any atom is 0.0528 e. The van der Waals surface area contributed by atoms with Gasteiger partial charge in [-0.2, -0.15) is 0 Å². The second-order valence-electron chi connectivity index (χ2n) is 4.49. The lowest BCUT2D eigenvalue weighted by molar-refractivity contribution is 1.02. The molecule has 0 saturated heterocycles. The average Bonchev–Trinajstić information content (AvgIpc) is 2.36. The summed E-state index contributed by atoms with van der Waals surface area (Å²) < 4.78 is 0. The zero-order valence-corrected chi connectivity index (χ0v) is 10.2. The molecule has 0 unspecified atom stereocenters. The molecule has 0 spiro atoms. The standard InChI is InChI=1S/C16H15N/c1-3-13-14-7-5-4-6-12(14)10-15-16(13)11(2)8-9-17-15/h3-9H,10H2,1-2H3/b13-3-. The molecule has 0 N–H and O–H groups in total. The summed E-state index contributed by atoms with van der Waals surface area (Å²) >= 11 is 0. The second-order valence-corrected chi connectivity index (χ2v) is 4.49. The molecule has 0 amide bonds. The molecule has 0 radical (unpaired) electrons. The first-order valence-electron chi connectivity index (χ1n) is 6.00. The van der Waals surface area contributed by atoms with E-state index in [1.807, 2.05) is 6.20 Å². The van der Waals surface area contributed by atoms with Gasteiger partial charge >= 0.3 is 0 Å². The van der Waals surface area contributed by atoms with Crippen molar-refractivity contribution in [2.75, 3.05) is 0 Å². The molecule has 0 fully saturated rings. The number of aryl methyl sites for hydroxylation is 1. The summed E-state index contributed by atoms with van der Waals surface area (Å²) in [6, 6.07) is 10.7. The van der Waals surface area contributed by atoms with Crippen LogP contribution in [0.5, 0.6) is 0 Å². The Morgan fingerprint density at radius 2 is 2.00 bits per heavy atom. The van der Waals surface area contributed by atoms with Crippen molar-refractivity contribution in [3.63, 3.8) is 0 Å². The summed E-state index contributed by atoms with van der Waals surface area (Å²) in [5.74, 6) is 0. The highest BCUT2D eigenvalue weighted by Gasteiger charge is 2.21. The summed E-state index contributed by atoms with van der Waals surface area (Å²) in [6.45, 7) is 4.27. The van der Waals surface area contributed by atoms with Crippen molar-refractivity contribution in [3.05, 3.63) is 70.6 Å². The summed E-state index contributed by atoms with van der Waals surface area (Å²) in [6.07, 6.45) is 5.06. The van der Waals surface area contributed by atoms with Crippen molar-refractivity contribution < 1.29 is 0 Å². The number of pyridine rings is 1. The van der Waals surface area contributed by atoms with Crippen molar-refractivity contribution in [2.24, 2.45) is 0 Å². The lowest BCUT2D eigenvalue weighted by atomic mass is 9.83. The Bertz CT molecular complexity index is 609. The third-order valence-corrected chi connectivity index (χ3v) is 3.46. The van der Waals surface area contributed by atoms with Crippen molar-refractivity contribution in [3.8, 4) is 0 Å². The van der Waals surface area contributed by atoms with Crippen molar-refractivity contribution in [2.45, 2.75) is 20.3 Å². The number of hydrogen-bond acceptors (Lipinski definition) is 1. The lowest BCUT2D eigenvalue weighted by Gasteiger charge is -2.23. The molecule has 3 rings (SSSR count). The highest BCUT2D eigenvalue weighted by molar-refractivity contribution is 5.86. The van der Waals surface area contributed by atoms with E-state index in [1.54, 1.807) is 0 Å². The molecule has 0 bridgehead atoms. The van der Waals surface area contributed by atoms with Crippen LogP contribution in [0.3, 0.4) is 0 Å². The van der Waals surface area contributed by atoms with Crippen LogP contribution in [0.1, 0.15) is 34.9 Å². The van der Waals surface area contributed by atoms with Gasteiger partial charge in [-0.05, 0) is 42.2 Å². The minimum atomic E-state index is 0.949. The van der Waals surface area contributed by atoms with E-state index in [1.165, 1.54) is 33.5 Å². The van der Waals surface area contributed by atoms with Crippen LogP contribution >= 0.6 is 0 Å². The van der Waals surface area contributed by atoms with Crippen molar-refractivity contribution in [1.29, 1.82) is 0 Å². The molecule has 0 saturated carbocycles. The number of allylic oxidation sites excluding steroid dienone is 1. The SMILES string of the molecule is C/C=C1/c2ccccc2Cc2nccc(C)c21. The predicted molar refractivity (Wildman–Crippen MR) is 71.0 cm³/mol. The van der Waals surface area contributed by atoms with Gasteiger partial charge in [0.1, 0.15) is 0 Å². The van der Waals surface area contributed by atoms with Gasteiger partial charge in [0.15, 0.2) is 0 Å².